The zero-order valence-corrected chi connectivity index (χ0v) is 16.0. The molecule has 0 fully saturated rings. The molecule has 0 aliphatic rings. The van der Waals surface area contributed by atoms with Gasteiger partial charge in [-0.3, -0.25) is 10.1 Å². The van der Waals surface area contributed by atoms with Crippen LogP contribution in [0, 0.1) is 0 Å². The summed E-state index contributed by atoms with van der Waals surface area (Å²) in [7, 11) is 0. The number of nitrogens with one attached hydrogen (secondary N) is 1. The molecule has 1 amide bonds. The van der Waals surface area contributed by atoms with Crippen molar-refractivity contribution in [2.75, 3.05) is 19.8 Å². The number of aliphatic hydroxyl groups is 1. The number of Topliss-reactive ketones (excluding diaryl/α,β-unsaturated/α-hetero) is 1. The van der Waals surface area contributed by atoms with Crippen LogP contribution in [-0.2, 0) is 28.6 Å². The number of rotatable bonds is 10. The van der Waals surface area contributed by atoms with Crippen molar-refractivity contribution in [3.63, 3.8) is 0 Å². The van der Waals surface area contributed by atoms with E-state index in [1.165, 1.54) is 0 Å². The molecule has 0 spiro atoms. The third-order valence-electron chi connectivity index (χ3n) is 3.15. The van der Waals surface area contributed by atoms with Gasteiger partial charge in [0.15, 0.2) is 5.78 Å². The Bertz CT molecular complexity index is 491. The van der Waals surface area contributed by atoms with Crippen LogP contribution in [-0.4, -0.2) is 59.9 Å². The third kappa shape index (κ3) is 7.81. The number of ether oxygens (including phenoxy) is 3. The third-order valence-corrected chi connectivity index (χ3v) is 3.15. The fourth-order valence-electron chi connectivity index (χ4n) is 2.07. The second-order valence-corrected chi connectivity index (χ2v) is 6.52. The SMILES string of the molecule is CCOC(=O)C(CCCC(=O)CO)(NC(=O)OC(C)(C)C)C(=O)OCC. The molecule has 0 saturated heterocycles. The van der Waals surface area contributed by atoms with Crippen molar-refractivity contribution in [3.05, 3.63) is 0 Å². The molecule has 0 saturated carbocycles. The van der Waals surface area contributed by atoms with E-state index in [0.717, 1.165) is 0 Å². The van der Waals surface area contributed by atoms with Gasteiger partial charge in [-0.05, 0) is 47.5 Å². The second kappa shape index (κ2) is 10.7. The molecule has 0 aromatic carbocycles. The molecule has 0 aromatic rings. The van der Waals surface area contributed by atoms with Crippen molar-refractivity contribution in [2.24, 2.45) is 0 Å². The highest BCUT2D eigenvalue weighted by Crippen LogP contribution is 2.21. The summed E-state index contributed by atoms with van der Waals surface area (Å²) < 4.78 is 15.0. The van der Waals surface area contributed by atoms with Crippen LogP contribution < -0.4 is 5.32 Å². The van der Waals surface area contributed by atoms with E-state index in [-0.39, 0.29) is 32.5 Å². The van der Waals surface area contributed by atoms with Crippen LogP contribution >= 0.6 is 0 Å². The number of amides is 1. The number of aliphatic hydroxyl groups excluding tert-OH is 1. The van der Waals surface area contributed by atoms with E-state index < -0.39 is 41.6 Å². The van der Waals surface area contributed by atoms with Crippen LogP contribution in [0.4, 0.5) is 4.79 Å². The smallest absolute Gasteiger partial charge is 0.409 e. The Kier molecular flexibility index (Phi) is 9.85. The van der Waals surface area contributed by atoms with E-state index in [9.17, 15) is 19.2 Å². The predicted octanol–water partition coefficient (Wildman–Crippen LogP) is 1.11. The highest BCUT2D eigenvalue weighted by atomic mass is 16.6. The Morgan fingerprint density at radius 3 is 1.85 bits per heavy atom. The Morgan fingerprint density at radius 1 is 0.962 bits per heavy atom. The van der Waals surface area contributed by atoms with Crippen LogP contribution in [0.1, 0.15) is 53.9 Å². The van der Waals surface area contributed by atoms with Gasteiger partial charge in [-0.2, -0.15) is 0 Å². The summed E-state index contributed by atoms with van der Waals surface area (Å²) in [6, 6.07) is 0. The van der Waals surface area contributed by atoms with E-state index in [0.29, 0.717) is 0 Å². The minimum absolute atomic E-state index is 0.0223. The lowest BCUT2D eigenvalue weighted by molar-refractivity contribution is -0.167. The molecule has 0 unspecified atom stereocenters. The summed E-state index contributed by atoms with van der Waals surface area (Å²) in [5.74, 6) is -2.45. The number of alkyl carbamates (subject to hydrolysis) is 1. The van der Waals surface area contributed by atoms with Gasteiger partial charge < -0.3 is 19.3 Å². The molecule has 0 aliphatic heterocycles. The molecule has 9 heteroatoms. The zero-order valence-electron chi connectivity index (χ0n) is 16.0. The Hall–Kier alpha value is -2.16. The molecule has 150 valence electrons. The van der Waals surface area contributed by atoms with Crippen LogP contribution in [0.5, 0.6) is 0 Å². The number of hydrogen-bond donors (Lipinski definition) is 2. The summed E-state index contributed by atoms with van der Waals surface area (Å²) in [5.41, 5.74) is -2.99. The van der Waals surface area contributed by atoms with Crippen molar-refractivity contribution < 1.29 is 38.5 Å². The van der Waals surface area contributed by atoms with Gasteiger partial charge in [0, 0.05) is 6.42 Å². The lowest BCUT2D eigenvalue weighted by atomic mass is 9.91. The number of ketones is 1. The highest BCUT2D eigenvalue weighted by Gasteiger charge is 2.50. The summed E-state index contributed by atoms with van der Waals surface area (Å²) >= 11 is 0. The molecule has 0 aliphatic carbocycles. The van der Waals surface area contributed by atoms with Crippen LogP contribution in [0.15, 0.2) is 0 Å². The van der Waals surface area contributed by atoms with Gasteiger partial charge in [0.25, 0.3) is 0 Å². The van der Waals surface area contributed by atoms with Crippen LogP contribution in [0.3, 0.4) is 0 Å². The maximum atomic E-state index is 12.5. The normalized spacial score (nSPS) is 11.5. The first-order chi connectivity index (χ1) is 12.0. The highest BCUT2D eigenvalue weighted by molar-refractivity contribution is 6.07. The lowest BCUT2D eigenvalue weighted by Crippen LogP contribution is -2.62. The molecule has 2 N–H and O–H groups in total. The van der Waals surface area contributed by atoms with Gasteiger partial charge in [0.05, 0.1) is 13.2 Å². The summed E-state index contributed by atoms with van der Waals surface area (Å²) in [4.78, 5) is 48.5. The van der Waals surface area contributed by atoms with Gasteiger partial charge in [-0.25, -0.2) is 14.4 Å². The van der Waals surface area contributed by atoms with E-state index in [4.69, 9.17) is 19.3 Å². The standard InChI is InChI=1S/C17H29NO8/c1-6-24-13(21)17(14(22)25-7-2,10-8-9-12(20)11-19)18-15(23)26-16(3,4)5/h19H,6-11H2,1-5H3,(H,18,23). The first kappa shape index (κ1) is 23.8. The molecule has 0 rings (SSSR count). The summed E-state index contributed by atoms with van der Waals surface area (Å²) in [6.07, 6.45) is -1.26. The second-order valence-electron chi connectivity index (χ2n) is 6.52. The average Bonchev–Trinajstić information content (AvgIpc) is 2.52. The van der Waals surface area contributed by atoms with Gasteiger partial charge in [-0.15, -0.1) is 0 Å². The van der Waals surface area contributed by atoms with Crippen LogP contribution in [0.25, 0.3) is 0 Å². The molecular weight excluding hydrogens is 346 g/mol. The maximum Gasteiger partial charge on any atom is 0.409 e. The van der Waals surface area contributed by atoms with Crippen molar-refractivity contribution in [2.45, 2.75) is 65.0 Å². The topological polar surface area (TPSA) is 128 Å². The van der Waals surface area contributed by atoms with Gasteiger partial charge in [0.1, 0.15) is 12.2 Å². The summed E-state index contributed by atoms with van der Waals surface area (Å²) in [6.45, 7) is 7.30. The number of carbonyl (C=O) groups is 4. The maximum absolute atomic E-state index is 12.5. The number of esters is 2. The molecule has 0 aromatic heterocycles. The van der Waals surface area contributed by atoms with Crippen molar-refractivity contribution >= 4 is 23.8 Å². The molecular formula is C17H29NO8. The van der Waals surface area contributed by atoms with Crippen molar-refractivity contribution in [3.8, 4) is 0 Å². The predicted molar refractivity (Wildman–Crippen MR) is 91.3 cm³/mol. The van der Waals surface area contributed by atoms with Crippen molar-refractivity contribution in [1.82, 2.24) is 5.32 Å². The summed E-state index contributed by atoms with van der Waals surface area (Å²) in [5, 5.41) is 11.1. The van der Waals surface area contributed by atoms with E-state index >= 15 is 0 Å². The molecule has 0 radical (unpaired) electrons. The fourth-order valence-corrected chi connectivity index (χ4v) is 2.07. The number of carbonyl (C=O) groups excluding carboxylic acids is 4. The quantitative estimate of drug-likeness (QED) is 0.330. The molecule has 26 heavy (non-hydrogen) atoms. The van der Waals surface area contributed by atoms with Gasteiger partial charge in [-0.1, -0.05) is 0 Å². The zero-order chi connectivity index (χ0) is 20.4. The molecule has 0 bridgehead atoms. The van der Waals surface area contributed by atoms with Crippen LogP contribution in [0.2, 0.25) is 0 Å². The monoisotopic (exact) mass is 375 g/mol. The van der Waals surface area contributed by atoms with E-state index in [2.05, 4.69) is 5.32 Å². The lowest BCUT2D eigenvalue weighted by Gasteiger charge is -2.31. The average molecular weight is 375 g/mol. The Labute approximate surface area is 153 Å². The van der Waals surface area contributed by atoms with E-state index in [1.807, 2.05) is 0 Å². The van der Waals surface area contributed by atoms with E-state index in [1.54, 1.807) is 34.6 Å². The minimum Gasteiger partial charge on any atom is -0.464 e. The molecule has 0 atom stereocenters. The van der Waals surface area contributed by atoms with Crippen molar-refractivity contribution in [1.29, 1.82) is 0 Å². The first-order valence-corrected chi connectivity index (χ1v) is 8.50. The Balaban J connectivity index is 5.63. The Morgan fingerprint density at radius 2 is 1.46 bits per heavy atom. The first-order valence-electron chi connectivity index (χ1n) is 8.50. The number of hydrogen-bond acceptors (Lipinski definition) is 8. The van der Waals surface area contributed by atoms with Gasteiger partial charge in [0.2, 0.25) is 5.54 Å². The largest absolute Gasteiger partial charge is 0.464 e. The fraction of sp³-hybridized carbons (Fsp3) is 0.765. The minimum atomic E-state index is -2.13. The van der Waals surface area contributed by atoms with Gasteiger partial charge >= 0.3 is 18.0 Å². The molecule has 9 nitrogen and oxygen atoms in total. The molecule has 0 heterocycles.